The van der Waals surface area contributed by atoms with Gasteiger partial charge in [-0.15, -0.1) is 0 Å². The highest BCUT2D eigenvalue weighted by Gasteiger charge is 2.49. The second-order valence-corrected chi connectivity index (χ2v) is 38.7. The Balaban J connectivity index is 0.000000161. The topological polar surface area (TPSA) is 255 Å². The molecule has 2 aliphatic heterocycles. The van der Waals surface area contributed by atoms with E-state index in [2.05, 4.69) is 144 Å². The van der Waals surface area contributed by atoms with Gasteiger partial charge in [-0.2, -0.15) is 0 Å². The third-order valence-electron chi connectivity index (χ3n) is 24.6. The molecule has 0 radical (unpaired) electrons. The molecule has 2 saturated heterocycles. The van der Waals surface area contributed by atoms with Crippen LogP contribution in [0.3, 0.4) is 0 Å². The smallest absolute Gasteiger partial charge is 0.314 e. The van der Waals surface area contributed by atoms with E-state index in [1.54, 1.807) is 30.6 Å². The Morgan fingerprint density at radius 3 is 1.07 bits per heavy atom. The molecular weight excluding hydrogens is 1670 g/mol. The lowest BCUT2D eigenvalue weighted by atomic mass is 9.64. The van der Waals surface area contributed by atoms with Gasteiger partial charge in [0.1, 0.15) is 11.6 Å². The van der Waals surface area contributed by atoms with Gasteiger partial charge >= 0.3 is 23.9 Å². The SMILES string of the molecule is CC(C)CN(CC(C)C)c1ccc(C2(C(=O)O)CCC2)cc1Nc1ccc(Cl)cn1.CC(C)CN(c1ccc(C2(C(=O)O)CCC2)cc1Nc1cc(Cl)cc(Cl)c1)C1CCOCC1.CC(C)CN(c1ccc(C2(C(=O)O)CCC2)cc1Nc1ccc(Cl)cn1)C1CCOCC1.CC(C)CN(c1ccc(CC(=O)O)cc1Nc1ccc(Cl)cc1)C1CCCCC1. The molecule has 6 aromatic carbocycles. The molecule has 124 heavy (non-hydrogen) atoms. The maximum absolute atomic E-state index is 12.2. The molecule has 0 atom stereocenters. The average molecular weight is 1790 g/mol. The molecule has 8 aromatic rings. The number of carboxylic acids is 4. The number of hydrogen-bond acceptors (Lipinski definition) is 16. The van der Waals surface area contributed by atoms with Gasteiger partial charge in [0.05, 0.1) is 78.2 Å². The molecule has 4 saturated carbocycles. The zero-order chi connectivity index (χ0) is 89.0. The van der Waals surface area contributed by atoms with Crippen LogP contribution in [0.25, 0.3) is 0 Å². The molecule has 2 aromatic heterocycles. The predicted octanol–water partition coefficient (Wildman–Crippen LogP) is 25.1. The molecule has 0 amide bonds. The fourth-order valence-electron chi connectivity index (χ4n) is 18.0. The number of nitrogens with zero attached hydrogens (tertiary/aromatic N) is 6. The lowest BCUT2D eigenvalue weighted by molar-refractivity contribution is -0.148. The van der Waals surface area contributed by atoms with Crippen molar-refractivity contribution in [3.8, 4) is 0 Å². The first-order valence-corrected chi connectivity index (χ1v) is 46.4. The van der Waals surface area contributed by atoms with E-state index in [-0.39, 0.29) is 6.42 Å². The van der Waals surface area contributed by atoms with Crippen molar-refractivity contribution in [3.05, 3.63) is 199 Å². The number of pyridine rings is 2. The van der Waals surface area contributed by atoms with Crippen LogP contribution < -0.4 is 40.9 Å². The van der Waals surface area contributed by atoms with Gasteiger partial charge in [-0.25, -0.2) is 9.97 Å². The lowest BCUT2D eigenvalue weighted by Crippen LogP contribution is -2.43. The van der Waals surface area contributed by atoms with Crippen LogP contribution in [0.1, 0.15) is 207 Å². The van der Waals surface area contributed by atoms with E-state index >= 15 is 0 Å². The second kappa shape index (κ2) is 44.6. The summed E-state index contributed by atoms with van der Waals surface area (Å²) < 4.78 is 11.2. The number of aliphatic carboxylic acids is 4. The Morgan fingerprint density at radius 2 is 0.718 bits per heavy atom. The highest BCUT2D eigenvalue weighted by molar-refractivity contribution is 6.35. The summed E-state index contributed by atoms with van der Waals surface area (Å²) in [4.78, 5) is 66.3. The van der Waals surface area contributed by atoms with Gasteiger partial charge in [0, 0.05) is 116 Å². The van der Waals surface area contributed by atoms with Gasteiger partial charge in [-0.3, -0.25) is 19.2 Å². The Hall–Kier alpha value is -8.73. The van der Waals surface area contributed by atoms with Crippen LogP contribution in [0, 0.1) is 29.6 Å². The van der Waals surface area contributed by atoms with Crippen LogP contribution in [-0.2, 0) is 51.3 Å². The Bertz CT molecular complexity index is 4800. The highest BCUT2D eigenvalue weighted by Crippen LogP contribution is 2.51. The van der Waals surface area contributed by atoms with Crippen molar-refractivity contribution in [2.45, 2.75) is 226 Å². The number of carboxylic acid groups (broad SMARTS) is 4. The van der Waals surface area contributed by atoms with Gasteiger partial charge in [0.25, 0.3) is 0 Å². The zero-order valence-electron chi connectivity index (χ0n) is 73.7. The molecule has 8 N–H and O–H groups in total. The van der Waals surface area contributed by atoms with E-state index in [1.807, 2.05) is 97.1 Å². The maximum Gasteiger partial charge on any atom is 0.314 e. The fourth-order valence-corrected chi connectivity index (χ4v) is 18.8. The van der Waals surface area contributed by atoms with Crippen molar-refractivity contribution in [2.24, 2.45) is 29.6 Å². The third kappa shape index (κ3) is 25.4. The Kier molecular flexibility index (Phi) is 34.5. The first kappa shape index (κ1) is 95.9. The summed E-state index contributed by atoms with van der Waals surface area (Å²) in [6.07, 6.45) is 20.3. The molecule has 6 aliphatic rings. The minimum absolute atomic E-state index is 0.0171. The van der Waals surface area contributed by atoms with E-state index in [0.29, 0.717) is 123 Å². The molecule has 4 heterocycles. The van der Waals surface area contributed by atoms with Crippen LogP contribution >= 0.6 is 58.0 Å². The van der Waals surface area contributed by atoms with Crippen molar-refractivity contribution in [1.82, 2.24) is 9.97 Å². The molecule has 0 bridgehead atoms. The number of anilines is 12. The van der Waals surface area contributed by atoms with E-state index in [0.717, 1.165) is 183 Å². The van der Waals surface area contributed by atoms with Crippen LogP contribution in [0.2, 0.25) is 25.1 Å². The summed E-state index contributed by atoms with van der Waals surface area (Å²) in [6.45, 7) is 29.9. The second-order valence-electron chi connectivity index (χ2n) is 36.5. The van der Waals surface area contributed by atoms with E-state index < -0.39 is 40.1 Å². The summed E-state index contributed by atoms with van der Waals surface area (Å²) in [5, 5.41) is 56.0. The van der Waals surface area contributed by atoms with Crippen molar-refractivity contribution in [3.63, 3.8) is 0 Å². The minimum Gasteiger partial charge on any atom is -0.481 e. The number of rotatable bonds is 33. The van der Waals surface area contributed by atoms with Gasteiger partial charge in [0.2, 0.25) is 0 Å². The summed E-state index contributed by atoms with van der Waals surface area (Å²) in [7, 11) is 0. The van der Waals surface area contributed by atoms with Crippen LogP contribution in [0.15, 0.2) is 152 Å². The molecule has 14 rings (SSSR count). The number of ether oxygens (including phenoxy) is 2. The van der Waals surface area contributed by atoms with Gasteiger partial charge in [-0.05, 0) is 244 Å². The van der Waals surface area contributed by atoms with Crippen LogP contribution in [-0.4, -0.2) is 132 Å². The van der Waals surface area contributed by atoms with Crippen LogP contribution in [0.4, 0.5) is 68.5 Å². The average Bonchev–Trinajstić information content (AvgIpc) is 0.756. The zero-order valence-corrected chi connectivity index (χ0v) is 77.4. The normalized spacial score (nSPS) is 16.6. The monoisotopic (exact) mass is 1790 g/mol. The first-order chi connectivity index (χ1) is 59.3. The molecule has 668 valence electrons. The molecule has 0 unspecified atom stereocenters. The quantitative estimate of drug-likeness (QED) is 0.0190. The maximum atomic E-state index is 12.2. The summed E-state index contributed by atoms with van der Waals surface area (Å²) >= 11 is 30.6. The van der Waals surface area contributed by atoms with Gasteiger partial charge in [-0.1, -0.05) is 190 Å². The van der Waals surface area contributed by atoms with E-state index in [4.69, 9.17) is 67.5 Å². The number of hydrogen-bond donors (Lipinski definition) is 8. The first-order valence-electron chi connectivity index (χ1n) is 44.5. The number of nitrogens with one attached hydrogen (secondary N) is 4. The number of aromatic nitrogens is 2. The minimum atomic E-state index is -0.818. The fraction of sp³-hybridized carbons (Fsp3) is 0.495. The number of halogens is 5. The standard InChI is InChI=1S/C26H32Cl2N2O3.C25H32ClN3O3.C24H32ClN3O2.C24H31ClN2O2/c1-17(2)16-30(22-6-10-33-11-7-22)24-5-4-18(26(25(31)32)8-3-9-26)12-23(24)29-21-14-19(27)13-20(28)15-21;1-17(2)16-29(20-8-12-32-13-9-20)22-6-4-18(25(24(30)31)10-3-11-25)14-21(22)28-23-7-5-19(26)15-27-23;1-16(2)14-28(15-17(3)4)21-8-6-18(24(23(29)30)10-5-11-24)12-20(21)27-22-9-7-19(25)13-26-22;1-17(2)16-27(21-6-4-3-5-7-21)23-13-8-18(15-24(28)29)14-22(23)26-20-11-9-19(25)10-12-20/h4-5,12-15,17,22,29H,3,6-11,16H2,1-2H3,(H,31,32);4-7,14-15,17,20H,3,8-13,16H2,1-2H3,(H,27,28)(H,30,31);6-9,12-13,16-17H,5,10-11,14-15H2,1-4H3,(H,26,27)(H,29,30);8-14,17,21,26H,3-7,15-16H2,1-2H3,(H,28,29). The Labute approximate surface area is 758 Å². The number of carbonyl (C=O) groups is 4. The molecular formula is C99H127Cl5N10O10. The lowest BCUT2D eigenvalue weighted by Gasteiger charge is -2.41. The van der Waals surface area contributed by atoms with Gasteiger partial charge in [0.15, 0.2) is 0 Å². The molecule has 25 heteroatoms. The van der Waals surface area contributed by atoms with Gasteiger partial charge < -0.3 is 70.8 Å². The third-order valence-corrected chi connectivity index (χ3v) is 25.7. The Morgan fingerprint density at radius 1 is 0.371 bits per heavy atom. The predicted molar refractivity (Wildman–Crippen MR) is 509 cm³/mol. The molecule has 20 nitrogen and oxygen atoms in total. The van der Waals surface area contributed by atoms with Crippen molar-refractivity contribution in [2.75, 3.05) is 100 Å². The highest BCUT2D eigenvalue weighted by atomic mass is 35.5. The summed E-state index contributed by atoms with van der Waals surface area (Å²) in [5.41, 5.74) is 10.7. The van der Waals surface area contributed by atoms with E-state index in [1.165, 1.54) is 32.1 Å². The van der Waals surface area contributed by atoms with E-state index in [9.17, 15) is 39.6 Å². The van der Waals surface area contributed by atoms with Crippen molar-refractivity contribution in [1.29, 1.82) is 0 Å². The van der Waals surface area contributed by atoms with Crippen molar-refractivity contribution < 1.29 is 49.1 Å². The summed E-state index contributed by atoms with van der Waals surface area (Å²) in [6, 6.07) is 45.9. The largest absolute Gasteiger partial charge is 0.481 e. The molecule has 0 spiro atoms. The number of benzene rings is 6. The van der Waals surface area contributed by atoms with Crippen molar-refractivity contribution >= 4 is 150 Å². The van der Waals surface area contributed by atoms with Crippen LogP contribution in [0.5, 0.6) is 0 Å². The molecule has 6 fully saturated rings. The molecule has 4 aliphatic carbocycles. The summed E-state index contributed by atoms with van der Waals surface area (Å²) in [5.74, 6) is 0.820.